The number of aromatic nitrogens is 2. The standard InChI is InChI=1S/C19H18ClN3O4/c1-11-17(20)12(2)23(22-11)10-15-7-8-16(27-15)18(24)21-14-6-4-5-13(9-14)19(25)26-3/h4-9H,10H2,1-3H3,(H,21,24). The Morgan fingerprint density at radius 2 is 2.04 bits per heavy atom. The highest BCUT2D eigenvalue weighted by atomic mass is 35.5. The Morgan fingerprint density at radius 1 is 1.26 bits per heavy atom. The maximum absolute atomic E-state index is 12.4. The minimum Gasteiger partial charge on any atom is -0.465 e. The zero-order valence-electron chi connectivity index (χ0n) is 15.1. The Morgan fingerprint density at radius 3 is 2.70 bits per heavy atom. The van der Waals surface area contributed by atoms with Crippen molar-refractivity contribution in [1.29, 1.82) is 0 Å². The summed E-state index contributed by atoms with van der Waals surface area (Å²) in [6.07, 6.45) is 0. The van der Waals surface area contributed by atoms with Gasteiger partial charge in [-0.25, -0.2) is 4.79 Å². The van der Waals surface area contributed by atoms with E-state index in [2.05, 4.69) is 15.2 Å². The molecule has 3 rings (SSSR count). The Kier molecular flexibility index (Phi) is 5.32. The van der Waals surface area contributed by atoms with Crippen molar-refractivity contribution in [2.75, 3.05) is 12.4 Å². The first-order chi connectivity index (χ1) is 12.9. The number of aryl methyl sites for hydroxylation is 1. The molecular weight excluding hydrogens is 370 g/mol. The number of carbonyl (C=O) groups is 2. The molecule has 1 amide bonds. The summed E-state index contributed by atoms with van der Waals surface area (Å²) in [5, 5.41) is 7.65. The molecule has 7 nitrogen and oxygen atoms in total. The van der Waals surface area contributed by atoms with E-state index in [4.69, 9.17) is 16.0 Å². The number of ether oxygens (including phenoxy) is 1. The van der Waals surface area contributed by atoms with Crippen molar-refractivity contribution in [2.24, 2.45) is 0 Å². The van der Waals surface area contributed by atoms with E-state index in [1.165, 1.54) is 13.2 Å². The van der Waals surface area contributed by atoms with Crippen LogP contribution in [0.5, 0.6) is 0 Å². The second-order valence-electron chi connectivity index (χ2n) is 5.93. The van der Waals surface area contributed by atoms with E-state index in [1.54, 1.807) is 35.0 Å². The Hall–Kier alpha value is -3.06. The van der Waals surface area contributed by atoms with Crippen molar-refractivity contribution in [3.8, 4) is 0 Å². The highest BCUT2D eigenvalue weighted by molar-refractivity contribution is 6.31. The van der Waals surface area contributed by atoms with Gasteiger partial charge >= 0.3 is 5.97 Å². The van der Waals surface area contributed by atoms with E-state index >= 15 is 0 Å². The normalized spacial score (nSPS) is 10.7. The molecule has 0 saturated carbocycles. The molecule has 2 heterocycles. The number of benzene rings is 1. The number of furan rings is 1. The van der Waals surface area contributed by atoms with Gasteiger partial charge in [-0.2, -0.15) is 5.10 Å². The van der Waals surface area contributed by atoms with Crippen molar-refractivity contribution >= 4 is 29.2 Å². The molecule has 0 fully saturated rings. The highest BCUT2D eigenvalue weighted by Gasteiger charge is 2.15. The molecule has 27 heavy (non-hydrogen) atoms. The highest BCUT2D eigenvalue weighted by Crippen LogP contribution is 2.21. The third-order valence-corrected chi connectivity index (χ3v) is 4.57. The number of esters is 1. The number of nitrogens with one attached hydrogen (secondary N) is 1. The van der Waals surface area contributed by atoms with Crippen LogP contribution in [0.25, 0.3) is 0 Å². The van der Waals surface area contributed by atoms with Gasteiger partial charge in [0.25, 0.3) is 5.91 Å². The van der Waals surface area contributed by atoms with Gasteiger partial charge in [0.05, 0.1) is 35.6 Å². The number of hydrogen-bond donors (Lipinski definition) is 1. The minimum absolute atomic E-state index is 0.154. The summed E-state index contributed by atoms with van der Waals surface area (Å²) in [4.78, 5) is 24.0. The van der Waals surface area contributed by atoms with Crippen molar-refractivity contribution in [2.45, 2.75) is 20.4 Å². The second kappa shape index (κ2) is 7.67. The van der Waals surface area contributed by atoms with Crippen LogP contribution in [0.15, 0.2) is 40.8 Å². The van der Waals surface area contributed by atoms with Gasteiger partial charge in [0, 0.05) is 5.69 Å². The number of amides is 1. The first-order valence-corrected chi connectivity index (χ1v) is 8.54. The average Bonchev–Trinajstić information content (AvgIpc) is 3.22. The molecule has 2 aromatic heterocycles. The Balaban J connectivity index is 1.72. The maximum Gasteiger partial charge on any atom is 0.337 e. The summed E-state index contributed by atoms with van der Waals surface area (Å²) < 4.78 is 12.0. The van der Waals surface area contributed by atoms with Crippen LogP contribution in [-0.4, -0.2) is 28.8 Å². The zero-order chi connectivity index (χ0) is 19.6. The Bertz CT molecular complexity index is 1010. The second-order valence-corrected chi connectivity index (χ2v) is 6.31. The largest absolute Gasteiger partial charge is 0.465 e. The molecule has 140 valence electrons. The maximum atomic E-state index is 12.4. The predicted molar refractivity (Wildman–Crippen MR) is 100 cm³/mol. The van der Waals surface area contributed by atoms with Gasteiger partial charge in [0.1, 0.15) is 5.76 Å². The summed E-state index contributed by atoms with van der Waals surface area (Å²) in [7, 11) is 1.30. The van der Waals surface area contributed by atoms with Gasteiger partial charge in [-0.3, -0.25) is 9.48 Å². The topological polar surface area (TPSA) is 86.4 Å². The molecule has 0 aliphatic heterocycles. The molecule has 1 N–H and O–H groups in total. The van der Waals surface area contributed by atoms with Gasteiger partial charge in [-0.15, -0.1) is 0 Å². The molecular formula is C19H18ClN3O4. The van der Waals surface area contributed by atoms with Gasteiger partial charge in [0.15, 0.2) is 5.76 Å². The third-order valence-electron chi connectivity index (χ3n) is 4.03. The number of carbonyl (C=O) groups excluding carboxylic acids is 2. The van der Waals surface area contributed by atoms with E-state index < -0.39 is 11.9 Å². The van der Waals surface area contributed by atoms with Crippen LogP contribution in [0.2, 0.25) is 5.02 Å². The average molecular weight is 388 g/mol. The first kappa shape index (κ1) is 18.7. The number of anilines is 1. The smallest absolute Gasteiger partial charge is 0.337 e. The van der Waals surface area contributed by atoms with E-state index in [1.807, 2.05) is 13.8 Å². The first-order valence-electron chi connectivity index (χ1n) is 8.17. The van der Waals surface area contributed by atoms with E-state index in [-0.39, 0.29) is 5.76 Å². The lowest BCUT2D eigenvalue weighted by Crippen LogP contribution is -2.12. The molecule has 0 unspecified atom stereocenters. The monoisotopic (exact) mass is 387 g/mol. The molecule has 0 saturated heterocycles. The number of nitrogens with zero attached hydrogens (tertiary/aromatic N) is 2. The van der Waals surface area contributed by atoms with Crippen LogP contribution in [0.1, 0.15) is 38.1 Å². The van der Waals surface area contributed by atoms with Crippen LogP contribution in [0, 0.1) is 13.8 Å². The number of methoxy groups -OCH3 is 1. The molecule has 3 aromatic rings. The van der Waals surface area contributed by atoms with E-state index in [0.29, 0.717) is 28.6 Å². The van der Waals surface area contributed by atoms with Crippen LogP contribution in [-0.2, 0) is 11.3 Å². The molecule has 0 bridgehead atoms. The SMILES string of the molecule is COC(=O)c1cccc(NC(=O)c2ccc(Cn3nc(C)c(Cl)c3C)o2)c1. The van der Waals surface area contributed by atoms with Crippen LogP contribution < -0.4 is 5.32 Å². The number of halogens is 1. The van der Waals surface area contributed by atoms with Crippen molar-refractivity contribution in [3.63, 3.8) is 0 Å². The molecule has 0 radical (unpaired) electrons. The summed E-state index contributed by atoms with van der Waals surface area (Å²) in [6.45, 7) is 4.06. The summed E-state index contributed by atoms with van der Waals surface area (Å²) in [5.41, 5.74) is 2.38. The lowest BCUT2D eigenvalue weighted by Gasteiger charge is -2.05. The molecule has 8 heteroatoms. The van der Waals surface area contributed by atoms with Crippen molar-refractivity contribution in [1.82, 2.24) is 9.78 Å². The zero-order valence-corrected chi connectivity index (χ0v) is 15.8. The fraction of sp³-hybridized carbons (Fsp3) is 0.211. The summed E-state index contributed by atoms with van der Waals surface area (Å²) in [5.74, 6) is -0.170. The summed E-state index contributed by atoms with van der Waals surface area (Å²) >= 11 is 6.15. The Labute approximate surface area is 160 Å². The number of hydrogen-bond acceptors (Lipinski definition) is 5. The molecule has 0 aliphatic rings. The molecule has 0 atom stereocenters. The van der Waals surface area contributed by atoms with Crippen molar-refractivity contribution in [3.05, 3.63) is 69.9 Å². The van der Waals surface area contributed by atoms with Crippen LogP contribution >= 0.6 is 11.6 Å². The lowest BCUT2D eigenvalue weighted by molar-refractivity contribution is 0.0600. The molecule has 0 spiro atoms. The fourth-order valence-corrected chi connectivity index (χ4v) is 2.73. The van der Waals surface area contributed by atoms with Crippen molar-refractivity contribution < 1.29 is 18.7 Å². The van der Waals surface area contributed by atoms with E-state index in [9.17, 15) is 9.59 Å². The molecule has 1 aromatic carbocycles. The fourth-order valence-electron chi connectivity index (χ4n) is 2.60. The number of rotatable bonds is 5. The minimum atomic E-state index is -0.477. The van der Waals surface area contributed by atoms with E-state index in [0.717, 1.165) is 11.4 Å². The quantitative estimate of drug-likeness (QED) is 0.672. The van der Waals surface area contributed by atoms with Gasteiger partial charge < -0.3 is 14.5 Å². The third kappa shape index (κ3) is 4.03. The van der Waals surface area contributed by atoms with Gasteiger partial charge in [0.2, 0.25) is 0 Å². The van der Waals surface area contributed by atoms with Crippen LogP contribution in [0.3, 0.4) is 0 Å². The molecule has 0 aliphatic carbocycles. The van der Waals surface area contributed by atoms with Crippen LogP contribution in [0.4, 0.5) is 5.69 Å². The van der Waals surface area contributed by atoms with Gasteiger partial charge in [-0.05, 0) is 44.2 Å². The summed E-state index contributed by atoms with van der Waals surface area (Å²) in [6, 6.07) is 9.76. The van der Waals surface area contributed by atoms with Gasteiger partial charge in [-0.1, -0.05) is 17.7 Å². The lowest BCUT2D eigenvalue weighted by atomic mass is 10.2. The predicted octanol–water partition coefficient (Wildman–Crippen LogP) is 3.83.